The number of hydrogen-bond acceptors (Lipinski definition) is 1. The van der Waals surface area contributed by atoms with E-state index in [1.165, 1.54) is 38.5 Å². The van der Waals surface area contributed by atoms with E-state index in [1.54, 1.807) is 5.57 Å². The second-order valence-electron chi connectivity index (χ2n) is 11.0. The molecule has 0 aromatic rings. The molecule has 0 heterocycles. The van der Waals surface area contributed by atoms with E-state index in [1.807, 2.05) is 0 Å². The Bertz CT molecular complexity index is 654. The molecule has 0 aromatic heterocycles. The first-order valence-corrected chi connectivity index (χ1v) is 10.8. The van der Waals surface area contributed by atoms with Crippen molar-refractivity contribution in [3.05, 3.63) is 23.8 Å². The quantitative estimate of drug-likeness (QED) is 0.647. The van der Waals surface area contributed by atoms with Crippen LogP contribution >= 0.6 is 0 Å². The standard InChI is InChI=1S/C24H37NO/c1-22(2,3)25-21(26)20-12-11-18-17-10-9-16-8-6-7-14-23(16,4)19(17)13-15-24(18,20)5/h6,8-9,17-20H,7,10-15H2,1-5H3,(H,25,26)/t17?,18?,19?,20-,23+,24+/m1/s1. The Labute approximate surface area is 159 Å². The first kappa shape index (κ1) is 18.3. The Morgan fingerprint density at radius 1 is 1.12 bits per heavy atom. The molecule has 2 heteroatoms. The third kappa shape index (κ3) is 2.70. The summed E-state index contributed by atoms with van der Waals surface area (Å²) < 4.78 is 0. The van der Waals surface area contributed by atoms with Gasteiger partial charge in [-0.3, -0.25) is 4.79 Å². The minimum atomic E-state index is -0.132. The highest BCUT2D eigenvalue weighted by atomic mass is 16.2. The zero-order valence-corrected chi connectivity index (χ0v) is 17.4. The van der Waals surface area contributed by atoms with Crippen LogP contribution in [0.4, 0.5) is 0 Å². The monoisotopic (exact) mass is 355 g/mol. The van der Waals surface area contributed by atoms with Gasteiger partial charge in [-0.2, -0.15) is 0 Å². The highest BCUT2D eigenvalue weighted by molar-refractivity contribution is 5.80. The van der Waals surface area contributed by atoms with Gasteiger partial charge >= 0.3 is 0 Å². The molecule has 4 rings (SSSR count). The van der Waals surface area contributed by atoms with Crippen LogP contribution in [-0.4, -0.2) is 11.4 Å². The molecule has 0 saturated heterocycles. The predicted octanol–water partition coefficient (Wildman–Crippen LogP) is 5.65. The molecule has 0 aromatic carbocycles. The van der Waals surface area contributed by atoms with Crippen molar-refractivity contribution in [2.24, 2.45) is 34.5 Å². The molecule has 0 bridgehead atoms. The van der Waals surface area contributed by atoms with Crippen LogP contribution in [0.3, 0.4) is 0 Å². The van der Waals surface area contributed by atoms with Crippen LogP contribution in [0.2, 0.25) is 0 Å². The number of allylic oxidation sites excluding steroid dienone is 4. The number of fused-ring (bicyclic) bond motifs is 5. The number of carbonyl (C=O) groups is 1. The van der Waals surface area contributed by atoms with Gasteiger partial charge in [-0.1, -0.05) is 32.1 Å². The van der Waals surface area contributed by atoms with Crippen molar-refractivity contribution in [3.8, 4) is 0 Å². The lowest BCUT2D eigenvalue weighted by molar-refractivity contribution is -0.133. The predicted molar refractivity (Wildman–Crippen MR) is 108 cm³/mol. The van der Waals surface area contributed by atoms with Crippen LogP contribution in [0, 0.1) is 34.5 Å². The zero-order valence-electron chi connectivity index (χ0n) is 17.4. The van der Waals surface area contributed by atoms with Gasteiger partial charge < -0.3 is 5.32 Å². The smallest absolute Gasteiger partial charge is 0.224 e. The van der Waals surface area contributed by atoms with E-state index in [0.29, 0.717) is 11.3 Å². The average molecular weight is 356 g/mol. The van der Waals surface area contributed by atoms with E-state index in [4.69, 9.17) is 0 Å². The molecule has 0 spiro atoms. The Morgan fingerprint density at radius 2 is 1.88 bits per heavy atom. The molecule has 1 amide bonds. The molecule has 0 aliphatic heterocycles. The molecule has 3 unspecified atom stereocenters. The second-order valence-corrected chi connectivity index (χ2v) is 11.0. The SMILES string of the molecule is CC(C)(C)NC(=O)[C@H]1CCC2C3CC=C4C=CCC[C@]4(C)C3CC[C@@]21C. The summed E-state index contributed by atoms with van der Waals surface area (Å²) >= 11 is 0. The van der Waals surface area contributed by atoms with Gasteiger partial charge in [0.1, 0.15) is 0 Å². The molecule has 2 fully saturated rings. The lowest BCUT2D eigenvalue weighted by atomic mass is 9.48. The molecule has 1 N–H and O–H groups in total. The Balaban J connectivity index is 1.60. The first-order chi connectivity index (χ1) is 12.2. The van der Waals surface area contributed by atoms with Crippen molar-refractivity contribution in [2.45, 2.75) is 85.1 Å². The van der Waals surface area contributed by atoms with Crippen molar-refractivity contribution in [3.63, 3.8) is 0 Å². The Kier molecular flexibility index (Phi) is 4.21. The van der Waals surface area contributed by atoms with Crippen molar-refractivity contribution < 1.29 is 4.79 Å². The van der Waals surface area contributed by atoms with E-state index in [-0.39, 0.29) is 16.9 Å². The van der Waals surface area contributed by atoms with Crippen LogP contribution in [0.1, 0.15) is 79.6 Å². The minimum Gasteiger partial charge on any atom is -0.351 e. The second kappa shape index (κ2) is 5.97. The van der Waals surface area contributed by atoms with Crippen LogP contribution in [0.25, 0.3) is 0 Å². The molecule has 0 radical (unpaired) electrons. The van der Waals surface area contributed by atoms with Crippen LogP contribution in [0.15, 0.2) is 23.8 Å². The van der Waals surface area contributed by atoms with Gasteiger partial charge in [0, 0.05) is 11.5 Å². The van der Waals surface area contributed by atoms with E-state index in [0.717, 1.165) is 24.2 Å². The molecule has 2 saturated carbocycles. The molecular weight excluding hydrogens is 318 g/mol. The maximum Gasteiger partial charge on any atom is 0.224 e. The number of rotatable bonds is 1. The average Bonchev–Trinajstić information content (AvgIpc) is 2.90. The molecule has 144 valence electrons. The number of nitrogens with one attached hydrogen (secondary N) is 1. The van der Waals surface area contributed by atoms with Crippen molar-refractivity contribution in [1.29, 1.82) is 0 Å². The molecule has 2 nitrogen and oxygen atoms in total. The van der Waals surface area contributed by atoms with Crippen molar-refractivity contribution in [1.82, 2.24) is 5.32 Å². The van der Waals surface area contributed by atoms with E-state index in [2.05, 4.69) is 58.2 Å². The van der Waals surface area contributed by atoms with Gasteiger partial charge in [-0.15, -0.1) is 0 Å². The summed E-state index contributed by atoms with van der Waals surface area (Å²) in [5.41, 5.74) is 2.05. The summed E-state index contributed by atoms with van der Waals surface area (Å²) in [6.45, 7) is 11.3. The normalized spacial score (nSPS) is 44.6. The van der Waals surface area contributed by atoms with Crippen molar-refractivity contribution >= 4 is 5.91 Å². The number of carbonyl (C=O) groups excluding carboxylic acids is 1. The maximum absolute atomic E-state index is 13.0. The third-order valence-corrected chi connectivity index (χ3v) is 8.47. The fourth-order valence-electron chi connectivity index (χ4n) is 7.19. The summed E-state index contributed by atoms with van der Waals surface area (Å²) in [4.78, 5) is 13.0. The third-order valence-electron chi connectivity index (χ3n) is 8.47. The van der Waals surface area contributed by atoms with Gasteiger partial charge in [0.25, 0.3) is 0 Å². The van der Waals surface area contributed by atoms with E-state index < -0.39 is 0 Å². The highest BCUT2D eigenvalue weighted by Crippen LogP contribution is 2.65. The lowest BCUT2D eigenvalue weighted by Gasteiger charge is -2.56. The molecule has 6 atom stereocenters. The summed E-state index contributed by atoms with van der Waals surface area (Å²) in [7, 11) is 0. The van der Waals surface area contributed by atoms with Crippen LogP contribution < -0.4 is 5.32 Å². The number of amides is 1. The van der Waals surface area contributed by atoms with E-state index in [9.17, 15) is 4.79 Å². The molecule has 4 aliphatic rings. The topological polar surface area (TPSA) is 29.1 Å². The van der Waals surface area contributed by atoms with Gasteiger partial charge in [0.05, 0.1) is 0 Å². The lowest BCUT2D eigenvalue weighted by Crippen LogP contribution is -2.52. The number of hydrogen-bond donors (Lipinski definition) is 1. The Hall–Kier alpha value is -1.05. The maximum atomic E-state index is 13.0. The van der Waals surface area contributed by atoms with Gasteiger partial charge in [0.2, 0.25) is 5.91 Å². The summed E-state index contributed by atoms with van der Waals surface area (Å²) in [5.74, 6) is 2.82. The highest BCUT2D eigenvalue weighted by Gasteiger charge is 2.59. The minimum absolute atomic E-state index is 0.132. The first-order valence-electron chi connectivity index (χ1n) is 10.8. The summed E-state index contributed by atoms with van der Waals surface area (Å²) in [6.07, 6.45) is 16.0. The van der Waals surface area contributed by atoms with E-state index >= 15 is 0 Å². The molecular formula is C24H37NO. The summed E-state index contributed by atoms with van der Waals surface area (Å²) in [6, 6.07) is 0. The van der Waals surface area contributed by atoms with Gasteiger partial charge in [0.15, 0.2) is 0 Å². The van der Waals surface area contributed by atoms with Crippen molar-refractivity contribution in [2.75, 3.05) is 0 Å². The fraction of sp³-hybridized carbons (Fsp3) is 0.792. The molecule has 26 heavy (non-hydrogen) atoms. The van der Waals surface area contributed by atoms with Crippen LogP contribution in [0.5, 0.6) is 0 Å². The van der Waals surface area contributed by atoms with Gasteiger partial charge in [-0.25, -0.2) is 0 Å². The largest absolute Gasteiger partial charge is 0.351 e. The Morgan fingerprint density at radius 3 is 2.62 bits per heavy atom. The van der Waals surface area contributed by atoms with Gasteiger partial charge in [-0.05, 0) is 99.9 Å². The molecule has 4 aliphatic carbocycles. The fourth-order valence-corrected chi connectivity index (χ4v) is 7.19. The summed E-state index contributed by atoms with van der Waals surface area (Å²) in [5, 5.41) is 3.28. The zero-order chi connectivity index (χ0) is 18.7. The van der Waals surface area contributed by atoms with Crippen LogP contribution in [-0.2, 0) is 4.79 Å².